The molecule has 0 spiro atoms. The van der Waals surface area contributed by atoms with Gasteiger partial charge in [0.2, 0.25) is 0 Å². The molecule has 0 saturated heterocycles. The van der Waals surface area contributed by atoms with Gasteiger partial charge in [0.05, 0.1) is 5.69 Å². The predicted molar refractivity (Wildman–Crippen MR) is 118 cm³/mol. The van der Waals surface area contributed by atoms with Crippen LogP contribution in [0.2, 0.25) is 0 Å². The molecular weight excluding hydrogens is 376 g/mol. The fraction of sp³-hybridized carbons (Fsp3) is 0.0417. The lowest BCUT2D eigenvalue weighted by atomic mass is 10.1. The second-order valence-electron chi connectivity index (χ2n) is 6.58. The summed E-state index contributed by atoms with van der Waals surface area (Å²) in [5.41, 5.74) is 2.29. The zero-order valence-electron chi connectivity index (χ0n) is 16.4. The Morgan fingerprint density at radius 2 is 1.47 bits per heavy atom. The van der Waals surface area contributed by atoms with Crippen molar-refractivity contribution in [3.63, 3.8) is 0 Å². The molecule has 0 amide bonds. The van der Waals surface area contributed by atoms with E-state index < -0.39 is 0 Å². The Kier molecular flexibility index (Phi) is 5.66. The molecule has 0 atom stereocenters. The van der Waals surface area contributed by atoms with Gasteiger partial charge >= 0.3 is 0 Å². The standard InChI is InChI=1S/C24H20N4O2/c1-17(29)18-11-13-19(14-12-18)27-23-15-24(26-16-25-23)28-21-9-5-6-10-22(21)30-20-7-3-2-4-8-20/h2-16H,1H3,(H2,25,26,27,28). The number of nitrogens with one attached hydrogen (secondary N) is 2. The monoisotopic (exact) mass is 396 g/mol. The van der Waals surface area contributed by atoms with Crippen LogP contribution in [-0.2, 0) is 0 Å². The van der Waals surface area contributed by atoms with E-state index in [2.05, 4.69) is 20.6 Å². The van der Waals surface area contributed by atoms with Crippen LogP contribution < -0.4 is 15.4 Å². The van der Waals surface area contributed by atoms with Gasteiger partial charge in [-0.15, -0.1) is 0 Å². The number of anilines is 4. The predicted octanol–water partition coefficient (Wildman–Crippen LogP) is 5.96. The number of para-hydroxylation sites is 3. The van der Waals surface area contributed by atoms with Gasteiger partial charge in [-0.25, -0.2) is 9.97 Å². The third kappa shape index (κ3) is 4.80. The van der Waals surface area contributed by atoms with E-state index in [0.717, 1.165) is 17.1 Å². The van der Waals surface area contributed by atoms with Crippen LogP contribution in [0.15, 0.2) is 91.3 Å². The van der Waals surface area contributed by atoms with E-state index >= 15 is 0 Å². The molecule has 0 radical (unpaired) electrons. The molecule has 4 rings (SSSR count). The number of nitrogens with zero attached hydrogens (tertiary/aromatic N) is 2. The molecule has 148 valence electrons. The average Bonchev–Trinajstić information content (AvgIpc) is 2.76. The molecule has 0 bridgehead atoms. The first-order valence-corrected chi connectivity index (χ1v) is 9.46. The van der Waals surface area contributed by atoms with E-state index in [0.29, 0.717) is 22.9 Å². The van der Waals surface area contributed by atoms with Crippen LogP contribution in [0.25, 0.3) is 0 Å². The summed E-state index contributed by atoms with van der Waals surface area (Å²) in [4.78, 5) is 20.0. The Balaban J connectivity index is 1.50. The van der Waals surface area contributed by atoms with Crippen molar-refractivity contribution < 1.29 is 9.53 Å². The lowest BCUT2D eigenvalue weighted by molar-refractivity contribution is 0.101. The molecule has 0 aliphatic rings. The molecule has 0 aliphatic carbocycles. The zero-order valence-corrected chi connectivity index (χ0v) is 16.4. The van der Waals surface area contributed by atoms with Gasteiger partial charge in [0.15, 0.2) is 11.5 Å². The summed E-state index contributed by atoms with van der Waals surface area (Å²) in [7, 11) is 0. The molecule has 0 saturated carbocycles. The summed E-state index contributed by atoms with van der Waals surface area (Å²) < 4.78 is 5.99. The topological polar surface area (TPSA) is 76.1 Å². The first-order valence-electron chi connectivity index (χ1n) is 9.46. The Bertz CT molecular complexity index is 1150. The van der Waals surface area contributed by atoms with E-state index in [9.17, 15) is 4.79 Å². The van der Waals surface area contributed by atoms with Gasteiger partial charge < -0.3 is 15.4 Å². The van der Waals surface area contributed by atoms with Gasteiger partial charge in [0.25, 0.3) is 0 Å². The highest BCUT2D eigenvalue weighted by atomic mass is 16.5. The molecule has 6 heteroatoms. The number of hydrogen-bond acceptors (Lipinski definition) is 6. The number of carbonyl (C=O) groups is 1. The largest absolute Gasteiger partial charge is 0.455 e. The number of Topliss-reactive ketones (excluding diaryl/α,β-unsaturated/α-hetero) is 1. The molecular formula is C24H20N4O2. The molecule has 6 nitrogen and oxygen atoms in total. The summed E-state index contributed by atoms with van der Waals surface area (Å²) >= 11 is 0. The Labute approximate surface area is 174 Å². The van der Waals surface area contributed by atoms with Crippen LogP contribution in [0, 0.1) is 0 Å². The lowest BCUT2D eigenvalue weighted by Gasteiger charge is -2.13. The van der Waals surface area contributed by atoms with E-state index in [1.54, 1.807) is 25.1 Å². The highest BCUT2D eigenvalue weighted by Gasteiger charge is 2.07. The van der Waals surface area contributed by atoms with Crippen LogP contribution >= 0.6 is 0 Å². The fourth-order valence-corrected chi connectivity index (χ4v) is 2.84. The minimum Gasteiger partial charge on any atom is -0.455 e. The van der Waals surface area contributed by atoms with Crippen LogP contribution in [-0.4, -0.2) is 15.8 Å². The first-order chi connectivity index (χ1) is 14.7. The molecule has 1 aromatic heterocycles. The van der Waals surface area contributed by atoms with E-state index in [-0.39, 0.29) is 5.78 Å². The Hall–Kier alpha value is -4.19. The zero-order chi connectivity index (χ0) is 20.8. The summed E-state index contributed by atoms with van der Waals surface area (Å²) in [6.07, 6.45) is 1.48. The molecule has 3 aromatic carbocycles. The third-order valence-electron chi connectivity index (χ3n) is 4.35. The molecule has 2 N–H and O–H groups in total. The van der Waals surface area contributed by atoms with Crippen LogP contribution in [0.3, 0.4) is 0 Å². The second kappa shape index (κ2) is 8.87. The maximum atomic E-state index is 11.4. The Morgan fingerprint density at radius 3 is 2.20 bits per heavy atom. The first kappa shape index (κ1) is 19.1. The molecule has 0 aliphatic heterocycles. The number of carbonyl (C=O) groups excluding carboxylic acids is 1. The molecule has 30 heavy (non-hydrogen) atoms. The summed E-state index contributed by atoms with van der Waals surface area (Å²) in [5, 5.41) is 6.50. The normalized spacial score (nSPS) is 10.3. The van der Waals surface area contributed by atoms with Crippen molar-refractivity contribution in [2.75, 3.05) is 10.6 Å². The van der Waals surface area contributed by atoms with Crippen molar-refractivity contribution in [1.82, 2.24) is 9.97 Å². The third-order valence-corrected chi connectivity index (χ3v) is 4.35. The SMILES string of the molecule is CC(=O)c1ccc(Nc2cc(Nc3ccccc3Oc3ccccc3)ncn2)cc1. The highest BCUT2D eigenvalue weighted by molar-refractivity contribution is 5.94. The summed E-state index contributed by atoms with van der Waals surface area (Å²) in [6, 6.07) is 26.3. The second-order valence-corrected chi connectivity index (χ2v) is 6.58. The van der Waals surface area contributed by atoms with Crippen molar-refractivity contribution >= 4 is 28.8 Å². The number of hydrogen-bond donors (Lipinski definition) is 2. The minimum atomic E-state index is 0.0338. The number of ketones is 1. The van der Waals surface area contributed by atoms with Crippen LogP contribution in [0.5, 0.6) is 11.5 Å². The Morgan fingerprint density at radius 1 is 0.800 bits per heavy atom. The number of aromatic nitrogens is 2. The van der Waals surface area contributed by atoms with Gasteiger partial charge in [0, 0.05) is 17.3 Å². The van der Waals surface area contributed by atoms with Crippen LogP contribution in [0.4, 0.5) is 23.0 Å². The van der Waals surface area contributed by atoms with Crippen molar-refractivity contribution in [2.45, 2.75) is 6.92 Å². The molecule has 4 aromatic rings. The van der Waals surface area contributed by atoms with E-state index in [1.165, 1.54) is 6.33 Å². The molecule has 0 fully saturated rings. The summed E-state index contributed by atoms with van der Waals surface area (Å²) in [6.45, 7) is 1.55. The highest BCUT2D eigenvalue weighted by Crippen LogP contribution is 2.31. The van der Waals surface area contributed by atoms with Gasteiger partial charge in [-0.05, 0) is 55.5 Å². The maximum Gasteiger partial charge on any atom is 0.159 e. The quantitative estimate of drug-likeness (QED) is 0.376. The molecule has 1 heterocycles. The lowest BCUT2D eigenvalue weighted by Crippen LogP contribution is -2.00. The van der Waals surface area contributed by atoms with Crippen LogP contribution in [0.1, 0.15) is 17.3 Å². The summed E-state index contributed by atoms with van der Waals surface area (Å²) in [5.74, 6) is 2.73. The smallest absolute Gasteiger partial charge is 0.159 e. The van der Waals surface area contributed by atoms with E-state index in [1.807, 2.05) is 66.7 Å². The number of rotatable bonds is 7. The minimum absolute atomic E-state index is 0.0338. The fourth-order valence-electron chi connectivity index (χ4n) is 2.84. The number of ether oxygens (including phenoxy) is 1. The van der Waals surface area contributed by atoms with Crippen molar-refractivity contribution in [1.29, 1.82) is 0 Å². The van der Waals surface area contributed by atoms with Crippen molar-refractivity contribution in [3.8, 4) is 11.5 Å². The van der Waals surface area contributed by atoms with Gasteiger partial charge in [-0.3, -0.25) is 4.79 Å². The average molecular weight is 396 g/mol. The van der Waals surface area contributed by atoms with Crippen molar-refractivity contribution in [3.05, 3.63) is 96.8 Å². The van der Waals surface area contributed by atoms with Crippen molar-refractivity contribution in [2.24, 2.45) is 0 Å². The van der Waals surface area contributed by atoms with Gasteiger partial charge in [0.1, 0.15) is 23.7 Å². The van der Waals surface area contributed by atoms with Gasteiger partial charge in [-0.1, -0.05) is 30.3 Å². The maximum absolute atomic E-state index is 11.4. The molecule has 0 unspecified atom stereocenters. The van der Waals surface area contributed by atoms with Gasteiger partial charge in [-0.2, -0.15) is 0 Å². The van der Waals surface area contributed by atoms with E-state index in [4.69, 9.17) is 4.74 Å². The number of benzene rings is 3.